The molecule has 0 fully saturated rings. The fourth-order valence-electron chi connectivity index (χ4n) is 3.08. The van der Waals surface area contributed by atoms with E-state index in [2.05, 4.69) is 10.3 Å². The second-order valence-corrected chi connectivity index (χ2v) is 7.16. The van der Waals surface area contributed by atoms with Crippen LogP contribution >= 0.6 is 0 Å². The third-order valence-electron chi connectivity index (χ3n) is 4.69. The van der Waals surface area contributed by atoms with Crippen molar-refractivity contribution in [3.63, 3.8) is 0 Å². The first kappa shape index (κ1) is 20.5. The Morgan fingerprint density at radius 1 is 1.03 bits per heavy atom. The first-order chi connectivity index (χ1) is 13.7. The third kappa shape index (κ3) is 4.77. The molecule has 150 valence electrons. The molecule has 0 aliphatic carbocycles. The maximum absolute atomic E-state index is 13.1. The van der Waals surface area contributed by atoms with E-state index in [1.807, 2.05) is 25.1 Å². The van der Waals surface area contributed by atoms with Crippen LogP contribution in [-0.4, -0.2) is 23.0 Å². The molecule has 0 spiro atoms. The van der Waals surface area contributed by atoms with Gasteiger partial charge in [-0.25, -0.2) is 9.18 Å². The van der Waals surface area contributed by atoms with Crippen LogP contribution < -0.4 is 5.32 Å². The molecule has 1 heterocycles. The lowest BCUT2D eigenvalue weighted by atomic mass is 10.1. The van der Waals surface area contributed by atoms with Crippen LogP contribution in [0.2, 0.25) is 0 Å². The van der Waals surface area contributed by atoms with Crippen molar-refractivity contribution in [3.05, 3.63) is 76.7 Å². The lowest BCUT2D eigenvalue weighted by Gasteiger charge is -2.19. The summed E-state index contributed by atoms with van der Waals surface area (Å²) in [6.45, 7) is 7.03. The minimum absolute atomic E-state index is 0.343. The van der Waals surface area contributed by atoms with Gasteiger partial charge in [0.15, 0.2) is 6.10 Å². The number of hydrogen-bond donors (Lipinski definition) is 1. The minimum atomic E-state index is -0.987. The highest BCUT2D eigenvalue weighted by atomic mass is 19.1. The van der Waals surface area contributed by atoms with Gasteiger partial charge in [0.2, 0.25) is 0 Å². The molecule has 29 heavy (non-hydrogen) atoms. The number of halogens is 1. The minimum Gasteiger partial charge on any atom is -0.449 e. The molecule has 3 aromatic rings. The normalized spacial score (nSPS) is 13.0. The number of nitrogens with one attached hydrogen (secondary N) is 1. The van der Waals surface area contributed by atoms with Gasteiger partial charge in [0, 0.05) is 11.1 Å². The largest absolute Gasteiger partial charge is 0.449 e. The van der Waals surface area contributed by atoms with E-state index in [1.54, 1.807) is 32.0 Å². The zero-order valence-corrected chi connectivity index (χ0v) is 16.8. The first-order valence-electron chi connectivity index (χ1n) is 9.39. The summed E-state index contributed by atoms with van der Waals surface area (Å²) < 4.78 is 18.5. The lowest BCUT2D eigenvalue weighted by molar-refractivity contribution is -0.129. The van der Waals surface area contributed by atoms with Gasteiger partial charge in [0.05, 0.1) is 17.1 Å². The summed E-state index contributed by atoms with van der Waals surface area (Å²) in [5, 5.41) is 3.47. The van der Waals surface area contributed by atoms with Crippen LogP contribution in [0.3, 0.4) is 0 Å². The molecular formula is C23H23FN2O3. The standard InChI is InChI=1S/C23H23FN2O3/c1-13-5-10-21-19(11-13)20(12-14(2)25-21)23(28)29-16(4)22(27)26-15(3)17-6-8-18(24)9-7-17/h5-12,15-16H,1-4H3,(H,26,27). The second kappa shape index (κ2) is 8.39. The number of pyridine rings is 1. The van der Waals surface area contributed by atoms with Gasteiger partial charge < -0.3 is 10.1 Å². The van der Waals surface area contributed by atoms with E-state index < -0.39 is 18.0 Å². The number of benzene rings is 2. The molecule has 0 radical (unpaired) electrons. The van der Waals surface area contributed by atoms with Gasteiger partial charge in [-0.1, -0.05) is 23.8 Å². The Kier molecular flexibility index (Phi) is 5.92. The van der Waals surface area contributed by atoms with Crippen LogP contribution in [0.5, 0.6) is 0 Å². The van der Waals surface area contributed by atoms with Crippen LogP contribution in [-0.2, 0) is 9.53 Å². The van der Waals surface area contributed by atoms with E-state index in [1.165, 1.54) is 19.1 Å². The van der Waals surface area contributed by atoms with Crippen LogP contribution in [0.15, 0.2) is 48.5 Å². The zero-order valence-electron chi connectivity index (χ0n) is 16.8. The average Bonchev–Trinajstić information content (AvgIpc) is 2.68. The molecule has 1 N–H and O–H groups in total. The molecule has 5 nitrogen and oxygen atoms in total. The lowest BCUT2D eigenvalue weighted by Crippen LogP contribution is -2.37. The molecule has 0 aliphatic heterocycles. The maximum atomic E-state index is 13.1. The molecule has 0 saturated carbocycles. The summed E-state index contributed by atoms with van der Waals surface area (Å²) in [5.74, 6) is -1.35. The molecule has 0 aliphatic rings. The van der Waals surface area contributed by atoms with Crippen molar-refractivity contribution in [2.24, 2.45) is 0 Å². The zero-order chi connectivity index (χ0) is 21.1. The summed E-state index contributed by atoms with van der Waals surface area (Å²) in [6.07, 6.45) is -0.987. The van der Waals surface area contributed by atoms with Gasteiger partial charge in [-0.05, 0) is 63.6 Å². The summed E-state index contributed by atoms with van der Waals surface area (Å²) in [6, 6.07) is 12.8. The molecule has 1 amide bonds. The molecule has 2 aromatic carbocycles. The molecule has 0 bridgehead atoms. The van der Waals surface area contributed by atoms with Gasteiger partial charge in [-0.3, -0.25) is 9.78 Å². The van der Waals surface area contributed by atoms with Crippen molar-refractivity contribution >= 4 is 22.8 Å². The number of ether oxygens (including phenoxy) is 1. The van der Waals surface area contributed by atoms with Crippen molar-refractivity contribution in [2.45, 2.75) is 39.8 Å². The number of aryl methyl sites for hydroxylation is 2. The predicted molar refractivity (Wildman–Crippen MR) is 109 cm³/mol. The van der Waals surface area contributed by atoms with Gasteiger partial charge in [0.25, 0.3) is 5.91 Å². The van der Waals surface area contributed by atoms with Crippen molar-refractivity contribution < 1.29 is 18.7 Å². The smallest absolute Gasteiger partial charge is 0.339 e. The Morgan fingerprint density at radius 2 is 1.72 bits per heavy atom. The molecule has 2 unspecified atom stereocenters. The van der Waals surface area contributed by atoms with Crippen molar-refractivity contribution in [1.29, 1.82) is 0 Å². The average molecular weight is 394 g/mol. The Labute approximate surface area is 168 Å². The molecular weight excluding hydrogens is 371 g/mol. The molecule has 0 saturated heterocycles. The quantitative estimate of drug-likeness (QED) is 0.651. The summed E-state index contributed by atoms with van der Waals surface area (Å²) in [4.78, 5) is 29.7. The van der Waals surface area contributed by atoms with Gasteiger partial charge in [-0.2, -0.15) is 0 Å². The number of nitrogens with zero attached hydrogens (tertiary/aromatic N) is 1. The molecule has 3 rings (SSSR count). The highest BCUT2D eigenvalue weighted by molar-refractivity contribution is 6.04. The van der Waals surface area contributed by atoms with E-state index in [-0.39, 0.29) is 11.9 Å². The maximum Gasteiger partial charge on any atom is 0.339 e. The number of fused-ring (bicyclic) bond motifs is 1. The Morgan fingerprint density at radius 3 is 2.41 bits per heavy atom. The van der Waals surface area contributed by atoms with Crippen LogP contribution in [0.25, 0.3) is 10.9 Å². The number of esters is 1. The van der Waals surface area contributed by atoms with Gasteiger partial charge >= 0.3 is 5.97 Å². The summed E-state index contributed by atoms with van der Waals surface area (Å²) in [5.41, 5.74) is 3.52. The first-order valence-corrected chi connectivity index (χ1v) is 9.39. The van der Waals surface area contributed by atoms with Crippen LogP contribution in [0, 0.1) is 19.7 Å². The van der Waals surface area contributed by atoms with Crippen molar-refractivity contribution in [2.75, 3.05) is 0 Å². The van der Waals surface area contributed by atoms with Crippen molar-refractivity contribution in [3.8, 4) is 0 Å². The second-order valence-electron chi connectivity index (χ2n) is 7.16. The number of amides is 1. The monoisotopic (exact) mass is 394 g/mol. The fourth-order valence-corrected chi connectivity index (χ4v) is 3.08. The van der Waals surface area contributed by atoms with E-state index in [0.717, 1.165) is 11.1 Å². The number of aromatic nitrogens is 1. The van der Waals surface area contributed by atoms with Crippen molar-refractivity contribution in [1.82, 2.24) is 10.3 Å². The van der Waals surface area contributed by atoms with E-state index in [9.17, 15) is 14.0 Å². The molecule has 1 aromatic heterocycles. The molecule has 6 heteroatoms. The number of carbonyl (C=O) groups is 2. The summed E-state index contributed by atoms with van der Waals surface area (Å²) >= 11 is 0. The van der Waals surface area contributed by atoms with E-state index >= 15 is 0 Å². The Balaban J connectivity index is 1.73. The van der Waals surface area contributed by atoms with Crippen LogP contribution in [0.4, 0.5) is 4.39 Å². The van der Waals surface area contributed by atoms with E-state index in [4.69, 9.17) is 4.74 Å². The Bertz CT molecular complexity index is 1060. The fraction of sp³-hybridized carbons (Fsp3) is 0.261. The van der Waals surface area contributed by atoms with E-state index in [0.29, 0.717) is 22.2 Å². The number of hydrogen-bond acceptors (Lipinski definition) is 4. The third-order valence-corrected chi connectivity index (χ3v) is 4.69. The summed E-state index contributed by atoms with van der Waals surface area (Å²) in [7, 11) is 0. The highest BCUT2D eigenvalue weighted by Crippen LogP contribution is 2.21. The number of rotatable bonds is 5. The van der Waals surface area contributed by atoms with Crippen LogP contribution in [0.1, 0.15) is 47.1 Å². The Hall–Kier alpha value is -3.28. The highest BCUT2D eigenvalue weighted by Gasteiger charge is 2.22. The topological polar surface area (TPSA) is 68.3 Å². The van der Waals surface area contributed by atoms with Gasteiger partial charge in [-0.15, -0.1) is 0 Å². The SMILES string of the molecule is Cc1ccc2nc(C)cc(C(=O)OC(C)C(=O)NC(C)c3ccc(F)cc3)c2c1. The molecule has 2 atom stereocenters. The number of carbonyl (C=O) groups excluding carboxylic acids is 2. The predicted octanol–water partition coefficient (Wildman–Crippen LogP) is 4.41. The van der Waals surface area contributed by atoms with Gasteiger partial charge in [0.1, 0.15) is 5.82 Å².